The molecule has 17 heavy (non-hydrogen) atoms. The van der Waals surface area contributed by atoms with Crippen LogP contribution in [0.3, 0.4) is 0 Å². The highest BCUT2D eigenvalue weighted by atomic mass is 16.4. The predicted octanol–water partition coefficient (Wildman–Crippen LogP) is -0.179. The second-order valence-electron chi connectivity index (χ2n) is 3.57. The number of rotatable bonds is 7. The zero-order valence-corrected chi connectivity index (χ0v) is 9.72. The summed E-state index contributed by atoms with van der Waals surface area (Å²) in [5.41, 5.74) is 0.628. The minimum atomic E-state index is -0.859. The third kappa shape index (κ3) is 5.10. The van der Waals surface area contributed by atoms with Crippen LogP contribution in [0.25, 0.3) is 0 Å². The van der Waals surface area contributed by atoms with Gasteiger partial charge in [-0.2, -0.15) is 0 Å². The minimum Gasteiger partial charge on any atom is -0.481 e. The highest BCUT2D eigenvalue weighted by Crippen LogP contribution is 1.99. The molecule has 1 amide bonds. The third-order valence-electron chi connectivity index (χ3n) is 2.12. The van der Waals surface area contributed by atoms with Gasteiger partial charge in [0.05, 0.1) is 18.7 Å². The molecular formula is C10H16N4O3. The molecule has 0 unspecified atom stereocenters. The molecule has 0 saturated heterocycles. The van der Waals surface area contributed by atoms with Crippen LogP contribution in [-0.4, -0.2) is 38.5 Å². The second kappa shape index (κ2) is 6.62. The summed E-state index contributed by atoms with van der Waals surface area (Å²) < 4.78 is 1.55. The molecule has 7 heteroatoms. The molecule has 1 aromatic heterocycles. The van der Waals surface area contributed by atoms with Crippen LogP contribution >= 0.6 is 0 Å². The number of carboxylic acids is 1. The van der Waals surface area contributed by atoms with Crippen molar-refractivity contribution in [3.8, 4) is 0 Å². The number of carbonyl (C=O) groups is 2. The molecule has 94 valence electrons. The molecule has 7 nitrogen and oxygen atoms in total. The van der Waals surface area contributed by atoms with E-state index in [0.717, 1.165) is 0 Å². The minimum absolute atomic E-state index is 0.0323. The van der Waals surface area contributed by atoms with E-state index in [4.69, 9.17) is 5.11 Å². The Labute approximate surface area is 98.8 Å². The van der Waals surface area contributed by atoms with E-state index in [9.17, 15) is 9.59 Å². The zero-order valence-electron chi connectivity index (χ0n) is 9.72. The lowest BCUT2D eigenvalue weighted by Gasteiger charge is -2.01. The molecule has 0 fully saturated rings. The van der Waals surface area contributed by atoms with Crippen molar-refractivity contribution in [1.82, 2.24) is 20.3 Å². The Morgan fingerprint density at radius 3 is 2.88 bits per heavy atom. The largest absolute Gasteiger partial charge is 0.481 e. The van der Waals surface area contributed by atoms with Crippen molar-refractivity contribution >= 4 is 11.9 Å². The van der Waals surface area contributed by atoms with E-state index < -0.39 is 5.97 Å². The molecule has 0 radical (unpaired) electrons. The summed E-state index contributed by atoms with van der Waals surface area (Å²) in [6.45, 7) is 2.92. The molecule has 1 rings (SSSR count). The molecule has 0 aliphatic rings. The maximum Gasteiger partial charge on any atom is 0.303 e. The Kier molecular flexibility index (Phi) is 5.12. The molecular weight excluding hydrogens is 224 g/mol. The van der Waals surface area contributed by atoms with E-state index >= 15 is 0 Å². The van der Waals surface area contributed by atoms with Gasteiger partial charge in [0.2, 0.25) is 5.91 Å². The summed E-state index contributed by atoms with van der Waals surface area (Å²) in [6.07, 6.45) is 2.41. The van der Waals surface area contributed by atoms with Gasteiger partial charge in [-0.3, -0.25) is 14.3 Å². The Morgan fingerprint density at radius 2 is 2.24 bits per heavy atom. The van der Waals surface area contributed by atoms with Crippen LogP contribution in [0.2, 0.25) is 0 Å². The topological polar surface area (TPSA) is 97.1 Å². The number of aliphatic carboxylic acids is 1. The maximum absolute atomic E-state index is 11.2. The number of hydrogen-bond acceptors (Lipinski definition) is 4. The van der Waals surface area contributed by atoms with Crippen molar-refractivity contribution in [3.63, 3.8) is 0 Å². The molecule has 0 aliphatic carbocycles. The number of nitrogens with one attached hydrogen (secondary N) is 1. The van der Waals surface area contributed by atoms with Gasteiger partial charge in [-0.1, -0.05) is 5.21 Å². The molecule has 0 atom stereocenters. The third-order valence-corrected chi connectivity index (χ3v) is 2.12. The summed E-state index contributed by atoms with van der Waals surface area (Å²) >= 11 is 0. The van der Waals surface area contributed by atoms with Crippen molar-refractivity contribution in [2.24, 2.45) is 0 Å². The van der Waals surface area contributed by atoms with Gasteiger partial charge in [0.1, 0.15) is 0 Å². The fraction of sp³-hybridized carbons (Fsp3) is 0.600. The molecule has 0 bridgehead atoms. The van der Waals surface area contributed by atoms with Crippen molar-refractivity contribution < 1.29 is 14.7 Å². The molecule has 0 saturated carbocycles. The van der Waals surface area contributed by atoms with E-state index in [1.54, 1.807) is 10.9 Å². The van der Waals surface area contributed by atoms with Crippen LogP contribution in [0.5, 0.6) is 0 Å². The van der Waals surface area contributed by atoms with Crippen LogP contribution in [0, 0.1) is 0 Å². The molecule has 1 heterocycles. The normalized spacial score (nSPS) is 10.2. The Hall–Kier alpha value is -1.92. The number of nitrogens with zero attached hydrogens (tertiary/aromatic N) is 3. The molecule has 0 aliphatic heterocycles. The van der Waals surface area contributed by atoms with Crippen LogP contribution in [0.1, 0.15) is 25.5 Å². The van der Waals surface area contributed by atoms with Crippen molar-refractivity contribution in [3.05, 3.63) is 11.9 Å². The van der Waals surface area contributed by atoms with E-state index in [1.807, 2.05) is 6.92 Å². The maximum atomic E-state index is 11.2. The van der Waals surface area contributed by atoms with Gasteiger partial charge in [-0.05, 0) is 6.92 Å². The van der Waals surface area contributed by atoms with Gasteiger partial charge < -0.3 is 10.4 Å². The number of aryl methyl sites for hydroxylation is 2. The summed E-state index contributed by atoms with van der Waals surface area (Å²) in [4.78, 5) is 21.5. The first kappa shape index (κ1) is 13.1. The number of carboxylic acid groups (broad SMARTS) is 1. The van der Waals surface area contributed by atoms with Crippen molar-refractivity contribution in [1.29, 1.82) is 0 Å². The number of aromatic nitrogens is 3. The Bertz CT molecular complexity index is 389. The predicted molar refractivity (Wildman–Crippen MR) is 59.3 cm³/mol. The molecule has 1 aromatic rings. The molecule has 2 N–H and O–H groups in total. The standard InChI is InChI=1S/C10H16N4O3/c1-2-11-9(15)5-6-14-7-8(12-13-14)3-4-10(16)17/h7H,2-6H2,1H3,(H,11,15)(H,16,17). The van der Waals surface area contributed by atoms with Gasteiger partial charge in [-0.25, -0.2) is 0 Å². The van der Waals surface area contributed by atoms with Gasteiger partial charge in [0, 0.05) is 25.6 Å². The summed E-state index contributed by atoms with van der Waals surface area (Å²) in [6, 6.07) is 0. The van der Waals surface area contributed by atoms with Gasteiger partial charge in [0.25, 0.3) is 0 Å². The number of hydrogen-bond donors (Lipinski definition) is 2. The van der Waals surface area contributed by atoms with Gasteiger partial charge >= 0.3 is 5.97 Å². The first-order valence-electron chi connectivity index (χ1n) is 5.49. The SMILES string of the molecule is CCNC(=O)CCn1cc(CCC(=O)O)nn1. The van der Waals surface area contributed by atoms with Crippen LogP contribution in [-0.2, 0) is 22.6 Å². The summed E-state index contributed by atoms with van der Waals surface area (Å²) in [5, 5.41) is 18.8. The lowest BCUT2D eigenvalue weighted by atomic mass is 10.2. The Morgan fingerprint density at radius 1 is 1.47 bits per heavy atom. The lowest BCUT2D eigenvalue weighted by molar-refractivity contribution is -0.137. The van der Waals surface area contributed by atoms with Crippen molar-refractivity contribution in [2.75, 3.05) is 6.54 Å². The quantitative estimate of drug-likeness (QED) is 0.689. The van der Waals surface area contributed by atoms with Crippen LogP contribution in [0.15, 0.2) is 6.20 Å². The fourth-order valence-electron chi connectivity index (χ4n) is 1.30. The van der Waals surface area contributed by atoms with Crippen molar-refractivity contribution in [2.45, 2.75) is 32.7 Å². The average Bonchev–Trinajstić information content (AvgIpc) is 2.72. The summed E-state index contributed by atoms with van der Waals surface area (Å²) in [7, 11) is 0. The number of amides is 1. The molecule has 0 spiro atoms. The monoisotopic (exact) mass is 240 g/mol. The van der Waals surface area contributed by atoms with E-state index in [-0.39, 0.29) is 12.3 Å². The zero-order chi connectivity index (χ0) is 12.7. The Balaban J connectivity index is 2.35. The first-order valence-corrected chi connectivity index (χ1v) is 5.49. The van der Waals surface area contributed by atoms with E-state index in [0.29, 0.717) is 31.6 Å². The van der Waals surface area contributed by atoms with Gasteiger partial charge in [-0.15, -0.1) is 5.10 Å². The van der Waals surface area contributed by atoms with E-state index in [1.165, 1.54) is 0 Å². The number of carbonyl (C=O) groups excluding carboxylic acids is 1. The van der Waals surface area contributed by atoms with Crippen LogP contribution < -0.4 is 5.32 Å². The van der Waals surface area contributed by atoms with Gasteiger partial charge in [0.15, 0.2) is 0 Å². The summed E-state index contributed by atoms with van der Waals surface area (Å²) in [5.74, 6) is -0.892. The van der Waals surface area contributed by atoms with Crippen LogP contribution in [0.4, 0.5) is 0 Å². The highest BCUT2D eigenvalue weighted by molar-refractivity contribution is 5.75. The second-order valence-corrected chi connectivity index (χ2v) is 3.57. The van der Waals surface area contributed by atoms with E-state index in [2.05, 4.69) is 15.6 Å². The smallest absolute Gasteiger partial charge is 0.303 e. The molecule has 0 aromatic carbocycles. The first-order chi connectivity index (χ1) is 8.11. The fourth-order valence-corrected chi connectivity index (χ4v) is 1.30. The average molecular weight is 240 g/mol. The highest BCUT2D eigenvalue weighted by Gasteiger charge is 2.05. The lowest BCUT2D eigenvalue weighted by Crippen LogP contribution is -2.23.